The summed E-state index contributed by atoms with van der Waals surface area (Å²) in [6.07, 6.45) is 6.86. The fraction of sp³-hybridized carbons (Fsp3) is 0.273. The van der Waals surface area contributed by atoms with Crippen LogP contribution in [0, 0.1) is 0 Å². The summed E-state index contributed by atoms with van der Waals surface area (Å²) in [6.45, 7) is 2.81. The second kappa shape index (κ2) is 4.65. The summed E-state index contributed by atoms with van der Waals surface area (Å²) >= 11 is 0. The van der Waals surface area contributed by atoms with Gasteiger partial charge >= 0.3 is 0 Å². The first-order valence-corrected chi connectivity index (χ1v) is 5.10. The SMILES string of the molecule is CCn1cc(CC(=O)c2ccncn2)cn1. The molecule has 0 aliphatic rings. The fourth-order valence-electron chi connectivity index (χ4n) is 1.40. The number of ketones is 1. The zero-order chi connectivity index (χ0) is 11.4. The molecule has 0 amide bonds. The number of aromatic nitrogens is 4. The number of hydrogen-bond donors (Lipinski definition) is 0. The van der Waals surface area contributed by atoms with E-state index in [0.717, 1.165) is 12.1 Å². The van der Waals surface area contributed by atoms with Gasteiger partial charge in [0.05, 0.1) is 6.20 Å². The van der Waals surface area contributed by atoms with Gasteiger partial charge in [0, 0.05) is 25.4 Å². The minimum absolute atomic E-state index is 0.0157. The maximum atomic E-state index is 11.8. The third-order valence-corrected chi connectivity index (χ3v) is 2.24. The lowest BCUT2D eigenvalue weighted by Crippen LogP contribution is -2.05. The second-order valence-electron chi connectivity index (χ2n) is 3.40. The van der Waals surface area contributed by atoms with Gasteiger partial charge in [0.2, 0.25) is 0 Å². The van der Waals surface area contributed by atoms with Crippen molar-refractivity contribution in [3.05, 3.63) is 42.2 Å². The molecule has 0 N–H and O–H groups in total. The lowest BCUT2D eigenvalue weighted by atomic mass is 10.1. The molecule has 2 aromatic heterocycles. The molecule has 0 aliphatic carbocycles. The lowest BCUT2D eigenvalue weighted by Gasteiger charge is -1.96. The van der Waals surface area contributed by atoms with E-state index >= 15 is 0 Å². The molecule has 0 radical (unpaired) electrons. The summed E-state index contributed by atoms with van der Waals surface area (Å²) in [5.74, 6) is -0.0157. The molecule has 0 aliphatic heterocycles. The number of rotatable bonds is 4. The summed E-state index contributed by atoms with van der Waals surface area (Å²) in [7, 11) is 0. The molecule has 82 valence electrons. The van der Waals surface area contributed by atoms with E-state index in [9.17, 15) is 4.79 Å². The Hall–Kier alpha value is -2.04. The van der Waals surface area contributed by atoms with Crippen molar-refractivity contribution in [3.63, 3.8) is 0 Å². The van der Waals surface area contributed by atoms with E-state index in [-0.39, 0.29) is 5.78 Å². The van der Waals surface area contributed by atoms with Gasteiger partial charge in [0.15, 0.2) is 5.78 Å². The Morgan fingerprint density at radius 1 is 1.50 bits per heavy atom. The Morgan fingerprint density at radius 3 is 3.00 bits per heavy atom. The molecule has 0 saturated carbocycles. The van der Waals surface area contributed by atoms with Crippen LogP contribution in [-0.4, -0.2) is 25.5 Å². The van der Waals surface area contributed by atoms with Crippen molar-refractivity contribution in [1.29, 1.82) is 0 Å². The van der Waals surface area contributed by atoms with Crippen LogP contribution in [0.25, 0.3) is 0 Å². The zero-order valence-electron chi connectivity index (χ0n) is 9.00. The van der Waals surface area contributed by atoms with Crippen molar-refractivity contribution < 1.29 is 4.79 Å². The van der Waals surface area contributed by atoms with Crippen LogP contribution in [0.2, 0.25) is 0 Å². The monoisotopic (exact) mass is 216 g/mol. The average Bonchev–Trinajstić information content (AvgIpc) is 2.78. The van der Waals surface area contributed by atoms with Gasteiger partial charge < -0.3 is 0 Å². The minimum atomic E-state index is -0.0157. The molecule has 16 heavy (non-hydrogen) atoms. The van der Waals surface area contributed by atoms with Crippen molar-refractivity contribution in [2.45, 2.75) is 19.9 Å². The van der Waals surface area contributed by atoms with Gasteiger partial charge in [0.1, 0.15) is 12.0 Å². The van der Waals surface area contributed by atoms with Crippen LogP contribution in [0.5, 0.6) is 0 Å². The molecule has 0 spiro atoms. The third-order valence-electron chi connectivity index (χ3n) is 2.24. The summed E-state index contributed by atoms with van der Waals surface area (Å²) < 4.78 is 1.79. The van der Waals surface area contributed by atoms with Gasteiger partial charge in [-0.25, -0.2) is 9.97 Å². The summed E-state index contributed by atoms with van der Waals surface area (Å²) in [5, 5.41) is 4.11. The summed E-state index contributed by atoms with van der Waals surface area (Å²) in [6, 6.07) is 1.62. The molecule has 2 heterocycles. The van der Waals surface area contributed by atoms with Crippen LogP contribution >= 0.6 is 0 Å². The first kappa shape index (κ1) is 10.5. The molecule has 0 bridgehead atoms. The van der Waals surface area contributed by atoms with E-state index in [1.54, 1.807) is 23.1 Å². The first-order valence-electron chi connectivity index (χ1n) is 5.10. The van der Waals surface area contributed by atoms with Crippen molar-refractivity contribution in [2.75, 3.05) is 0 Å². The maximum absolute atomic E-state index is 11.8. The molecule has 0 atom stereocenters. The molecule has 5 nitrogen and oxygen atoms in total. The van der Waals surface area contributed by atoms with Crippen LogP contribution in [-0.2, 0) is 13.0 Å². The second-order valence-corrected chi connectivity index (χ2v) is 3.40. The number of carbonyl (C=O) groups excluding carboxylic acids is 1. The number of carbonyl (C=O) groups is 1. The van der Waals surface area contributed by atoms with Gasteiger partial charge in [-0.3, -0.25) is 9.48 Å². The highest BCUT2D eigenvalue weighted by atomic mass is 16.1. The lowest BCUT2D eigenvalue weighted by molar-refractivity contribution is 0.0988. The molecular weight excluding hydrogens is 204 g/mol. The van der Waals surface area contributed by atoms with Crippen LogP contribution < -0.4 is 0 Å². The molecule has 2 aromatic rings. The van der Waals surface area contributed by atoms with E-state index in [1.165, 1.54) is 6.33 Å². The zero-order valence-corrected chi connectivity index (χ0v) is 9.00. The molecule has 5 heteroatoms. The Balaban J connectivity index is 2.08. The Kier molecular flexibility index (Phi) is 3.05. The van der Waals surface area contributed by atoms with Crippen LogP contribution in [0.3, 0.4) is 0 Å². The predicted octanol–water partition coefficient (Wildman–Crippen LogP) is 1.12. The number of aryl methyl sites for hydroxylation is 1. The number of hydrogen-bond acceptors (Lipinski definition) is 4. The molecule has 0 unspecified atom stereocenters. The van der Waals surface area contributed by atoms with Crippen LogP contribution in [0.15, 0.2) is 31.0 Å². The van der Waals surface area contributed by atoms with E-state index in [4.69, 9.17) is 0 Å². The van der Waals surface area contributed by atoms with Crippen molar-refractivity contribution in [2.24, 2.45) is 0 Å². The third kappa shape index (κ3) is 2.31. The topological polar surface area (TPSA) is 60.7 Å². The smallest absolute Gasteiger partial charge is 0.185 e. The van der Waals surface area contributed by atoms with E-state index in [0.29, 0.717) is 12.1 Å². The highest BCUT2D eigenvalue weighted by Gasteiger charge is 2.09. The van der Waals surface area contributed by atoms with E-state index in [2.05, 4.69) is 15.1 Å². The van der Waals surface area contributed by atoms with Gasteiger partial charge in [-0.1, -0.05) is 0 Å². The largest absolute Gasteiger partial charge is 0.292 e. The Morgan fingerprint density at radius 2 is 2.38 bits per heavy atom. The maximum Gasteiger partial charge on any atom is 0.185 e. The highest BCUT2D eigenvalue weighted by Crippen LogP contribution is 2.04. The summed E-state index contributed by atoms with van der Waals surface area (Å²) in [4.78, 5) is 19.5. The Labute approximate surface area is 93.2 Å². The number of nitrogens with zero attached hydrogens (tertiary/aromatic N) is 4. The van der Waals surface area contributed by atoms with Gasteiger partial charge in [-0.2, -0.15) is 5.10 Å². The quantitative estimate of drug-likeness (QED) is 0.718. The van der Waals surface area contributed by atoms with Crippen molar-refractivity contribution in [1.82, 2.24) is 19.7 Å². The van der Waals surface area contributed by atoms with E-state index in [1.807, 2.05) is 13.1 Å². The predicted molar refractivity (Wildman–Crippen MR) is 58.0 cm³/mol. The molecule has 0 aromatic carbocycles. The average molecular weight is 216 g/mol. The number of Topliss-reactive ketones (excluding diaryl/α,β-unsaturated/α-hetero) is 1. The van der Waals surface area contributed by atoms with E-state index < -0.39 is 0 Å². The fourth-order valence-corrected chi connectivity index (χ4v) is 1.40. The van der Waals surface area contributed by atoms with Crippen molar-refractivity contribution >= 4 is 5.78 Å². The molecule has 0 saturated heterocycles. The Bertz CT molecular complexity index is 478. The molecule has 2 rings (SSSR count). The standard InChI is InChI=1S/C11H12N4O/c1-2-15-7-9(6-14-15)5-11(16)10-3-4-12-8-13-10/h3-4,6-8H,2,5H2,1H3. The minimum Gasteiger partial charge on any atom is -0.292 e. The normalized spacial score (nSPS) is 10.3. The highest BCUT2D eigenvalue weighted by molar-refractivity contribution is 5.95. The molecule has 0 fully saturated rings. The van der Waals surface area contributed by atoms with Crippen LogP contribution in [0.4, 0.5) is 0 Å². The van der Waals surface area contributed by atoms with Gasteiger partial charge in [0.25, 0.3) is 0 Å². The van der Waals surface area contributed by atoms with Crippen LogP contribution in [0.1, 0.15) is 23.0 Å². The molecular formula is C11H12N4O. The van der Waals surface area contributed by atoms with Crippen molar-refractivity contribution in [3.8, 4) is 0 Å². The van der Waals surface area contributed by atoms with Gasteiger partial charge in [-0.05, 0) is 18.6 Å². The van der Waals surface area contributed by atoms with Gasteiger partial charge in [-0.15, -0.1) is 0 Å². The summed E-state index contributed by atoms with van der Waals surface area (Å²) in [5.41, 5.74) is 1.35. The first-order chi connectivity index (χ1) is 7.79.